The van der Waals surface area contributed by atoms with E-state index in [0.29, 0.717) is 23.4 Å². The molecule has 0 saturated carbocycles. The number of nitrogens with zero attached hydrogens (tertiary/aromatic N) is 1. The molecule has 4 nitrogen and oxygen atoms in total. The summed E-state index contributed by atoms with van der Waals surface area (Å²) in [5, 5.41) is 1.81. The Labute approximate surface area is 126 Å². The molecular formula is C14H24N2O2S2. The number of thiophene rings is 1. The molecule has 1 aliphatic heterocycles. The van der Waals surface area contributed by atoms with Crippen molar-refractivity contribution in [1.82, 2.24) is 4.31 Å². The van der Waals surface area contributed by atoms with Crippen LogP contribution in [0.1, 0.15) is 44.4 Å². The molecule has 2 N–H and O–H groups in total. The van der Waals surface area contributed by atoms with Crippen molar-refractivity contribution in [2.75, 3.05) is 13.1 Å². The Morgan fingerprint density at radius 3 is 2.40 bits per heavy atom. The number of sulfonamides is 1. The Bertz CT molecular complexity index is 537. The van der Waals surface area contributed by atoms with Crippen molar-refractivity contribution < 1.29 is 8.42 Å². The number of rotatable bonds is 5. The molecule has 6 heteroatoms. The van der Waals surface area contributed by atoms with E-state index >= 15 is 0 Å². The van der Waals surface area contributed by atoms with E-state index in [0.717, 1.165) is 30.6 Å². The van der Waals surface area contributed by atoms with Gasteiger partial charge < -0.3 is 5.73 Å². The van der Waals surface area contributed by atoms with Gasteiger partial charge in [-0.3, -0.25) is 0 Å². The normalized spacial score (nSPS) is 20.1. The molecule has 0 amide bonds. The number of nitrogens with two attached hydrogens (primary N) is 1. The third-order valence-corrected chi connectivity index (χ3v) is 7.85. The van der Waals surface area contributed by atoms with Gasteiger partial charge in [-0.25, -0.2) is 8.42 Å². The van der Waals surface area contributed by atoms with Gasteiger partial charge in [0.15, 0.2) is 0 Å². The first-order valence-electron chi connectivity index (χ1n) is 7.25. The van der Waals surface area contributed by atoms with Crippen LogP contribution in [0.3, 0.4) is 0 Å². The van der Waals surface area contributed by atoms with Crippen LogP contribution in [0.15, 0.2) is 16.3 Å². The first-order chi connectivity index (χ1) is 9.49. The number of hydrogen-bond donors (Lipinski definition) is 1. The predicted molar refractivity (Wildman–Crippen MR) is 83.2 cm³/mol. The van der Waals surface area contributed by atoms with Gasteiger partial charge in [-0.1, -0.05) is 26.7 Å². The summed E-state index contributed by atoms with van der Waals surface area (Å²) >= 11 is 1.42. The molecule has 1 aliphatic rings. The highest BCUT2D eigenvalue weighted by molar-refractivity contribution is 7.89. The maximum Gasteiger partial charge on any atom is 0.244 e. The lowest BCUT2D eigenvalue weighted by Gasteiger charge is -2.40. The topological polar surface area (TPSA) is 63.4 Å². The third-order valence-electron chi connectivity index (χ3n) is 4.79. The fourth-order valence-corrected chi connectivity index (χ4v) is 5.75. The molecule has 0 atom stereocenters. The van der Waals surface area contributed by atoms with Gasteiger partial charge in [0.25, 0.3) is 0 Å². The molecule has 1 saturated heterocycles. The summed E-state index contributed by atoms with van der Waals surface area (Å²) in [5.74, 6) is 0. The van der Waals surface area contributed by atoms with Gasteiger partial charge in [0.05, 0.1) is 4.90 Å². The van der Waals surface area contributed by atoms with Crippen molar-refractivity contribution in [3.63, 3.8) is 0 Å². The van der Waals surface area contributed by atoms with Crippen LogP contribution in [-0.4, -0.2) is 25.8 Å². The summed E-state index contributed by atoms with van der Waals surface area (Å²) in [6.07, 6.45) is 4.18. The van der Waals surface area contributed by atoms with Crippen LogP contribution in [0, 0.1) is 5.41 Å². The monoisotopic (exact) mass is 316 g/mol. The second kappa shape index (κ2) is 6.13. The van der Waals surface area contributed by atoms with Gasteiger partial charge >= 0.3 is 0 Å². The molecule has 0 bridgehead atoms. The minimum absolute atomic E-state index is 0.286. The highest BCUT2D eigenvalue weighted by Gasteiger charge is 2.36. The molecule has 1 fully saturated rings. The van der Waals surface area contributed by atoms with Crippen LogP contribution in [0.5, 0.6) is 0 Å². The zero-order valence-electron chi connectivity index (χ0n) is 12.3. The molecule has 20 heavy (non-hydrogen) atoms. The van der Waals surface area contributed by atoms with Crippen molar-refractivity contribution in [2.24, 2.45) is 11.1 Å². The molecule has 1 aromatic heterocycles. The molecule has 0 spiro atoms. The van der Waals surface area contributed by atoms with Crippen LogP contribution in [0.2, 0.25) is 0 Å². The Morgan fingerprint density at radius 2 is 1.90 bits per heavy atom. The molecule has 2 rings (SSSR count). The van der Waals surface area contributed by atoms with Gasteiger partial charge in [0.2, 0.25) is 10.0 Å². The summed E-state index contributed by atoms with van der Waals surface area (Å²) in [6.45, 7) is 5.96. The Hall–Kier alpha value is -0.430. The zero-order chi connectivity index (χ0) is 14.8. The Kier molecular flexibility index (Phi) is 4.89. The lowest BCUT2D eigenvalue weighted by Crippen LogP contribution is -2.42. The number of hydrogen-bond acceptors (Lipinski definition) is 4. The molecule has 1 aromatic rings. The van der Waals surface area contributed by atoms with Crippen LogP contribution >= 0.6 is 11.3 Å². The lowest BCUT2D eigenvalue weighted by molar-refractivity contribution is 0.141. The Balaban J connectivity index is 2.18. The van der Waals surface area contributed by atoms with E-state index in [4.69, 9.17) is 5.73 Å². The van der Waals surface area contributed by atoms with E-state index < -0.39 is 10.0 Å². The van der Waals surface area contributed by atoms with E-state index in [1.165, 1.54) is 11.3 Å². The number of piperidine rings is 1. The second-order valence-electron chi connectivity index (χ2n) is 5.52. The minimum Gasteiger partial charge on any atom is -0.326 e. The van der Waals surface area contributed by atoms with Gasteiger partial charge in [0.1, 0.15) is 0 Å². The smallest absolute Gasteiger partial charge is 0.244 e. The van der Waals surface area contributed by atoms with E-state index in [1.807, 2.05) is 0 Å². The van der Waals surface area contributed by atoms with E-state index in [9.17, 15) is 8.42 Å². The van der Waals surface area contributed by atoms with E-state index in [2.05, 4.69) is 13.8 Å². The molecule has 0 radical (unpaired) electrons. The van der Waals surface area contributed by atoms with E-state index in [1.54, 1.807) is 15.8 Å². The van der Waals surface area contributed by atoms with Crippen LogP contribution in [0.4, 0.5) is 0 Å². The molecule has 114 valence electrons. The first kappa shape index (κ1) is 15.9. The summed E-state index contributed by atoms with van der Waals surface area (Å²) < 4.78 is 27.0. The first-order valence-corrected chi connectivity index (χ1v) is 9.57. The average molecular weight is 316 g/mol. The minimum atomic E-state index is -3.36. The largest absolute Gasteiger partial charge is 0.326 e. The van der Waals surface area contributed by atoms with Crippen molar-refractivity contribution in [3.05, 3.63) is 16.3 Å². The second-order valence-corrected chi connectivity index (χ2v) is 8.43. The fourth-order valence-electron chi connectivity index (χ4n) is 3.00. The van der Waals surface area contributed by atoms with Crippen molar-refractivity contribution >= 4 is 21.4 Å². The molecule has 0 unspecified atom stereocenters. The quantitative estimate of drug-likeness (QED) is 0.908. The molecular weight excluding hydrogens is 292 g/mol. The summed E-state index contributed by atoms with van der Waals surface area (Å²) in [5.41, 5.74) is 5.97. The maximum atomic E-state index is 12.7. The fraction of sp³-hybridized carbons (Fsp3) is 0.714. The SMILES string of the molecule is CCC1(CC)CCN(S(=O)(=O)c2ccsc2CN)CC1. The van der Waals surface area contributed by atoms with Gasteiger partial charge in [-0.05, 0) is 29.7 Å². The predicted octanol–water partition coefficient (Wildman–Crippen LogP) is 2.80. The third kappa shape index (κ3) is 2.79. The molecule has 0 aromatic carbocycles. The van der Waals surface area contributed by atoms with Gasteiger partial charge in [0, 0.05) is 24.5 Å². The highest BCUT2D eigenvalue weighted by Crippen LogP contribution is 2.39. The van der Waals surface area contributed by atoms with E-state index in [-0.39, 0.29) is 6.54 Å². The molecule has 2 heterocycles. The Morgan fingerprint density at radius 1 is 1.30 bits per heavy atom. The van der Waals surface area contributed by atoms with Crippen molar-refractivity contribution in [3.8, 4) is 0 Å². The zero-order valence-corrected chi connectivity index (χ0v) is 13.9. The summed E-state index contributed by atoms with van der Waals surface area (Å²) in [4.78, 5) is 1.17. The van der Waals surface area contributed by atoms with Crippen LogP contribution in [0.25, 0.3) is 0 Å². The maximum absolute atomic E-state index is 12.7. The van der Waals surface area contributed by atoms with Gasteiger partial charge in [-0.15, -0.1) is 11.3 Å². The highest BCUT2D eigenvalue weighted by atomic mass is 32.2. The molecule has 0 aliphatic carbocycles. The van der Waals surface area contributed by atoms with Crippen LogP contribution < -0.4 is 5.73 Å². The van der Waals surface area contributed by atoms with Crippen molar-refractivity contribution in [1.29, 1.82) is 0 Å². The summed E-state index contributed by atoms with van der Waals surface area (Å²) in [6, 6.07) is 1.68. The van der Waals surface area contributed by atoms with Crippen LogP contribution in [-0.2, 0) is 16.6 Å². The average Bonchev–Trinajstić information content (AvgIpc) is 2.96. The van der Waals surface area contributed by atoms with Gasteiger partial charge in [-0.2, -0.15) is 4.31 Å². The standard InChI is InChI=1S/C14H24N2O2S2/c1-3-14(4-2)6-8-16(9-7-14)20(17,18)13-5-10-19-12(13)11-15/h5,10H,3-4,6-9,11,15H2,1-2H3. The lowest BCUT2D eigenvalue weighted by atomic mass is 9.75. The van der Waals surface area contributed by atoms with Crippen molar-refractivity contribution in [2.45, 2.75) is 51.0 Å². The summed E-state index contributed by atoms with van der Waals surface area (Å²) in [7, 11) is -3.36.